The van der Waals surface area contributed by atoms with Crippen LogP contribution in [-0.4, -0.2) is 66.4 Å². The molecule has 380 valence electrons. The van der Waals surface area contributed by atoms with Crippen LogP contribution in [0.2, 0.25) is 0 Å². The summed E-state index contributed by atoms with van der Waals surface area (Å²) in [7, 11) is -3.24. The fraction of sp³-hybridized carbons (Fsp3) is 0.628. The van der Waals surface area contributed by atoms with E-state index in [0.29, 0.717) is 48.9 Å². The van der Waals surface area contributed by atoms with E-state index in [1.165, 1.54) is 18.2 Å². The third-order valence-corrected chi connectivity index (χ3v) is 13.6. The van der Waals surface area contributed by atoms with Crippen molar-refractivity contribution in [3.63, 3.8) is 0 Å². The van der Waals surface area contributed by atoms with Gasteiger partial charge in [0.25, 0.3) is 0 Å². The van der Waals surface area contributed by atoms with Crippen LogP contribution in [0.25, 0.3) is 10.4 Å². The number of rotatable bonds is 13. The second-order valence-corrected chi connectivity index (χ2v) is 19.3. The fourth-order valence-electron chi connectivity index (χ4n) is 7.66. The van der Waals surface area contributed by atoms with E-state index in [1.54, 1.807) is 13.8 Å². The van der Waals surface area contributed by atoms with E-state index >= 15 is 0 Å². The van der Waals surface area contributed by atoms with Crippen molar-refractivity contribution in [3.8, 4) is 0 Å². The molecule has 6 N–H and O–H groups in total. The largest absolute Gasteiger partial charge is 0.417 e. The number of hydrogen-bond donors (Lipinski definition) is 5. The van der Waals surface area contributed by atoms with Crippen molar-refractivity contribution >= 4 is 27.5 Å². The summed E-state index contributed by atoms with van der Waals surface area (Å²) in [4.78, 5) is 14.2. The van der Waals surface area contributed by atoms with E-state index in [2.05, 4.69) is 45.7 Å². The molecule has 3 saturated carbocycles. The number of alkyl halides is 9. The van der Waals surface area contributed by atoms with Crippen LogP contribution in [0, 0.1) is 25.2 Å². The summed E-state index contributed by atoms with van der Waals surface area (Å²) in [6, 6.07) is 7.81. The van der Waals surface area contributed by atoms with Gasteiger partial charge in [0, 0.05) is 75.1 Å². The van der Waals surface area contributed by atoms with Gasteiger partial charge in [0.1, 0.15) is 17.5 Å². The molecule has 3 aromatic heterocycles. The molecule has 0 radical (unpaired) electrons. The second-order valence-electron chi connectivity index (χ2n) is 17.0. The second kappa shape index (κ2) is 27.3. The zero-order chi connectivity index (χ0) is 47.8. The first-order chi connectivity index (χ1) is 30.5. The van der Waals surface area contributed by atoms with Crippen molar-refractivity contribution in [3.05, 3.63) is 89.5 Å². The molecule has 3 aromatic rings. The van der Waals surface area contributed by atoms with Gasteiger partial charge in [0.2, 0.25) is 10.0 Å². The molecule has 0 spiro atoms. The van der Waals surface area contributed by atoms with E-state index in [0.717, 1.165) is 114 Å². The van der Waals surface area contributed by atoms with Crippen LogP contribution in [0.1, 0.15) is 108 Å². The number of anilines is 3. The number of pyridine rings is 3. The summed E-state index contributed by atoms with van der Waals surface area (Å²) in [6.07, 6.45) is 0.641. The number of nitrogens with one attached hydrogen (secondary N) is 4. The first-order valence-electron chi connectivity index (χ1n) is 21.6. The summed E-state index contributed by atoms with van der Waals surface area (Å²) in [6.45, 7) is 4.94. The van der Waals surface area contributed by atoms with Gasteiger partial charge in [-0.15, -0.1) is 0 Å². The first-order valence-corrected chi connectivity index (χ1v) is 23.2. The molecule has 0 amide bonds. The molecule has 67 heavy (non-hydrogen) atoms. The molecule has 0 unspecified atom stereocenters. The van der Waals surface area contributed by atoms with Crippen molar-refractivity contribution in [2.45, 2.75) is 133 Å². The van der Waals surface area contributed by atoms with Crippen LogP contribution in [0.4, 0.5) is 57.0 Å². The number of nitrogens with zero attached hydrogens (tertiary/aromatic N) is 6. The Labute approximate surface area is 400 Å². The van der Waals surface area contributed by atoms with Gasteiger partial charge in [0.15, 0.2) is 0 Å². The maximum Gasteiger partial charge on any atom is 0.417 e. The Morgan fingerprint density at radius 3 is 1.22 bits per heavy atom. The maximum atomic E-state index is 12.5. The number of nitrogens with two attached hydrogens (primary N) is 1. The van der Waals surface area contributed by atoms with Crippen LogP contribution in [-0.2, 0) is 49.0 Å². The number of halogens is 9. The molecule has 6 rings (SSSR count). The predicted molar refractivity (Wildman–Crippen MR) is 237 cm³/mol. The average Bonchev–Trinajstić information content (AvgIpc) is 3.26. The molecule has 0 aromatic carbocycles. The molecule has 13 nitrogen and oxygen atoms in total. The van der Waals surface area contributed by atoms with Crippen LogP contribution in [0.5, 0.6) is 0 Å². The summed E-state index contributed by atoms with van der Waals surface area (Å²) in [5, 5.41) is 12.6. The van der Waals surface area contributed by atoms with Crippen molar-refractivity contribution in [2.75, 3.05) is 35.6 Å². The van der Waals surface area contributed by atoms with E-state index in [4.69, 9.17) is 11.3 Å². The smallest absolute Gasteiger partial charge is 0.367 e. The quantitative estimate of drug-likeness (QED) is 0.0276. The minimum Gasteiger partial charge on any atom is -0.367 e. The third kappa shape index (κ3) is 20.7. The van der Waals surface area contributed by atoms with Gasteiger partial charge in [-0.3, -0.25) is 0 Å². The van der Waals surface area contributed by atoms with E-state index in [-0.39, 0.29) is 51.9 Å². The molecule has 0 aliphatic heterocycles. The monoisotopic (exact) mass is 1070 g/mol. The van der Waals surface area contributed by atoms with Crippen molar-refractivity contribution in [1.29, 1.82) is 0 Å². The molecule has 3 aliphatic carbocycles. The average molecular weight is 1070 g/mol. The summed E-state index contributed by atoms with van der Waals surface area (Å²) >= 11 is 0. The Kier molecular flexibility index (Phi) is 24.1. The molecule has 3 heterocycles. The van der Waals surface area contributed by atoms with Gasteiger partial charge in [-0.1, -0.05) is 5.11 Å². The van der Waals surface area contributed by atoms with Crippen LogP contribution in [0.15, 0.2) is 60.1 Å². The first kappa shape index (κ1) is 59.2. The number of aromatic nitrogens is 3. The Morgan fingerprint density at radius 1 is 0.627 bits per heavy atom. The third-order valence-electron chi connectivity index (χ3n) is 11.8. The predicted octanol–water partition coefficient (Wildman–Crippen LogP) is 11.3. The van der Waals surface area contributed by atoms with Crippen LogP contribution < -0.4 is 26.4 Å². The fourth-order valence-corrected chi connectivity index (χ4v) is 8.46. The van der Waals surface area contributed by atoms with E-state index < -0.39 is 50.5 Å². The van der Waals surface area contributed by atoms with Gasteiger partial charge >= 0.3 is 18.5 Å². The van der Waals surface area contributed by atoms with Gasteiger partial charge in [-0.2, -0.15) is 39.5 Å². The Bertz CT molecular complexity index is 2020. The molecule has 0 saturated heterocycles. The molecule has 3 fully saturated rings. The minimum atomic E-state index is -4.38. The normalized spacial score (nSPS) is 22.2. The van der Waals surface area contributed by atoms with Crippen LogP contribution in [0.3, 0.4) is 0 Å². The molecular formula is C43H61F9N11O2PdS-. The van der Waals surface area contributed by atoms with Gasteiger partial charge in [-0.05, 0) is 157 Å². The van der Waals surface area contributed by atoms with Crippen molar-refractivity contribution < 1.29 is 68.4 Å². The van der Waals surface area contributed by atoms with Crippen LogP contribution >= 0.6 is 0 Å². The minimum absolute atomic E-state index is 0. The number of azide groups is 1. The Balaban J connectivity index is 0.000000343. The number of hydrogen-bond acceptors (Lipinski definition) is 10. The SMILES string of the molecule is CC(C)S(=O)(=O)NCC1CCC(Nc2ccc(C(F)(F)F)cn2)CC1.NCC1CCC(Nc2ccc(C(F)(F)F)cn2)CC1.[CH3-].[N-]=[N+]=NCC1CCC(Nc2ccc(C(F)(F)F)cn2)CC1.[Pd]. The van der Waals surface area contributed by atoms with Gasteiger partial charge in [-0.25, -0.2) is 28.1 Å². The zero-order valence-electron chi connectivity index (χ0n) is 37.5. The molecule has 0 bridgehead atoms. The molecular weight excluding hydrogens is 1010 g/mol. The van der Waals surface area contributed by atoms with Gasteiger partial charge in [0.05, 0.1) is 21.9 Å². The van der Waals surface area contributed by atoms with E-state index in [1.807, 2.05) is 0 Å². The summed E-state index contributed by atoms with van der Waals surface area (Å²) in [5.41, 5.74) is 11.7. The Morgan fingerprint density at radius 2 is 0.955 bits per heavy atom. The van der Waals surface area contributed by atoms with Crippen molar-refractivity contribution in [1.82, 2.24) is 19.7 Å². The van der Waals surface area contributed by atoms with E-state index in [9.17, 15) is 47.9 Å². The Hall–Kier alpha value is -3.94. The standard InChI is InChI=1S/C16H24F3N3O2S.C13H16F3N5.C13H18F3N3.CH3.Pd/c1-11(2)25(23,24)21-9-12-3-6-14(7-4-12)22-15-8-5-13(10-20-15)16(17,18)19;14-13(15,16)10-3-6-12(18-8-10)20-11-4-1-9(2-5-11)7-19-21-17;14-13(15,16)10-3-6-12(18-8-10)19-11-4-1-9(7-17)2-5-11;;/h5,8,10-12,14,21H,3-4,6-7,9H2,1-2H3,(H,20,22);3,6,8-9,11H,1-2,4-5,7H2,(H,18,20);3,6,8-9,11H,1-2,4-5,7,17H2,(H,18,19);1H3;/q;;;-1;. The summed E-state index contributed by atoms with van der Waals surface area (Å²) < 4.78 is 138. The van der Waals surface area contributed by atoms with Gasteiger partial charge < -0.3 is 29.1 Å². The molecule has 24 heteroatoms. The molecule has 0 atom stereocenters. The number of sulfonamides is 1. The molecule has 3 aliphatic rings. The zero-order valence-corrected chi connectivity index (χ0v) is 39.9. The van der Waals surface area contributed by atoms with Crippen molar-refractivity contribution in [2.24, 2.45) is 28.6 Å². The topological polar surface area (TPSA) is 196 Å². The maximum absolute atomic E-state index is 12.5. The summed E-state index contributed by atoms with van der Waals surface area (Å²) in [5.74, 6) is 2.66.